The standard InChI is InChI=1S/C17H15NO2/c18-16(17(19)20)10-15-13-7-3-1-5-11(13)9-12-6-2-4-8-14(12)15/h1-9,16H,10,18H2,(H,19,20)/t16-/m1/s1. The SMILES string of the molecule is N[C@H](Cc1c2ccccc2cc2ccccc12)C(=O)O. The molecule has 0 amide bonds. The molecule has 3 rings (SSSR count). The van der Waals surface area contributed by atoms with Crippen molar-refractivity contribution < 1.29 is 9.90 Å². The average molecular weight is 265 g/mol. The molecule has 0 unspecified atom stereocenters. The van der Waals surface area contributed by atoms with Crippen LogP contribution in [0.25, 0.3) is 21.5 Å². The molecule has 3 aromatic rings. The van der Waals surface area contributed by atoms with Gasteiger partial charge in [-0.3, -0.25) is 4.79 Å². The van der Waals surface area contributed by atoms with Crippen molar-refractivity contribution in [3.8, 4) is 0 Å². The Morgan fingerprint density at radius 2 is 1.50 bits per heavy atom. The van der Waals surface area contributed by atoms with Gasteiger partial charge in [-0.15, -0.1) is 0 Å². The third kappa shape index (κ3) is 2.12. The summed E-state index contributed by atoms with van der Waals surface area (Å²) < 4.78 is 0. The van der Waals surface area contributed by atoms with E-state index in [2.05, 4.69) is 6.07 Å². The Kier molecular flexibility index (Phi) is 3.12. The van der Waals surface area contributed by atoms with Gasteiger partial charge >= 0.3 is 5.97 Å². The summed E-state index contributed by atoms with van der Waals surface area (Å²) in [6.45, 7) is 0. The van der Waals surface area contributed by atoms with Gasteiger partial charge in [0.15, 0.2) is 0 Å². The number of carboxylic acids is 1. The Labute approximate surface area is 116 Å². The van der Waals surface area contributed by atoms with Gasteiger partial charge in [0.2, 0.25) is 0 Å². The van der Waals surface area contributed by atoms with E-state index in [1.54, 1.807) is 0 Å². The van der Waals surface area contributed by atoms with Crippen LogP contribution in [0.15, 0.2) is 54.6 Å². The summed E-state index contributed by atoms with van der Waals surface area (Å²) >= 11 is 0. The van der Waals surface area contributed by atoms with E-state index in [-0.39, 0.29) is 0 Å². The maximum Gasteiger partial charge on any atom is 0.320 e. The van der Waals surface area contributed by atoms with Gasteiger partial charge in [0.1, 0.15) is 6.04 Å². The number of rotatable bonds is 3. The van der Waals surface area contributed by atoms with Crippen LogP contribution in [0.3, 0.4) is 0 Å². The summed E-state index contributed by atoms with van der Waals surface area (Å²) in [6, 6.07) is 17.3. The van der Waals surface area contributed by atoms with Gasteiger partial charge in [0, 0.05) is 0 Å². The molecule has 20 heavy (non-hydrogen) atoms. The molecule has 0 saturated heterocycles. The van der Waals surface area contributed by atoms with Gasteiger partial charge in [-0.2, -0.15) is 0 Å². The molecule has 3 heteroatoms. The maximum atomic E-state index is 11.1. The predicted molar refractivity (Wildman–Crippen MR) is 80.8 cm³/mol. The van der Waals surface area contributed by atoms with Crippen LogP contribution in [-0.2, 0) is 11.2 Å². The molecule has 0 aliphatic carbocycles. The number of hydrogen-bond acceptors (Lipinski definition) is 2. The second kappa shape index (κ2) is 4.94. The zero-order valence-corrected chi connectivity index (χ0v) is 10.9. The summed E-state index contributed by atoms with van der Waals surface area (Å²) in [6.07, 6.45) is 0.331. The van der Waals surface area contributed by atoms with Crippen molar-refractivity contribution in [1.82, 2.24) is 0 Å². The highest BCUT2D eigenvalue weighted by Crippen LogP contribution is 2.29. The number of aliphatic carboxylic acids is 1. The molecule has 0 saturated carbocycles. The third-order valence-corrected chi connectivity index (χ3v) is 3.62. The molecule has 3 aromatic carbocycles. The van der Waals surface area contributed by atoms with Crippen molar-refractivity contribution in [1.29, 1.82) is 0 Å². The highest BCUT2D eigenvalue weighted by molar-refractivity contribution is 6.02. The Balaban J connectivity index is 2.30. The molecular formula is C17H15NO2. The number of benzene rings is 3. The molecule has 100 valence electrons. The molecule has 3 N–H and O–H groups in total. The molecule has 0 aliphatic rings. The number of fused-ring (bicyclic) bond motifs is 2. The van der Waals surface area contributed by atoms with E-state index in [9.17, 15) is 4.79 Å². The minimum atomic E-state index is -0.970. The lowest BCUT2D eigenvalue weighted by molar-refractivity contribution is -0.138. The van der Waals surface area contributed by atoms with E-state index >= 15 is 0 Å². The molecule has 0 aliphatic heterocycles. The van der Waals surface area contributed by atoms with E-state index < -0.39 is 12.0 Å². The van der Waals surface area contributed by atoms with Gasteiger partial charge in [0.05, 0.1) is 0 Å². The Morgan fingerprint density at radius 3 is 2.00 bits per heavy atom. The van der Waals surface area contributed by atoms with E-state index in [0.717, 1.165) is 27.1 Å². The van der Waals surface area contributed by atoms with Crippen molar-refractivity contribution in [3.05, 3.63) is 60.2 Å². The summed E-state index contributed by atoms with van der Waals surface area (Å²) in [4.78, 5) is 11.1. The van der Waals surface area contributed by atoms with Crippen LogP contribution in [0.5, 0.6) is 0 Å². The first-order chi connectivity index (χ1) is 9.66. The minimum Gasteiger partial charge on any atom is -0.480 e. The molecule has 0 fully saturated rings. The van der Waals surface area contributed by atoms with Gasteiger partial charge < -0.3 is 10.8 Å². The lowest BCUT2D eigenvalue weighted by atomic mass is 9.93. The first-order valence-corrected chi connectivity index (χ1v) is 6.54. The van der Waals surface area contributed by atoms with E-state index in [0.29, 0.717) is 6.42 Å². The second-order valence-electron chi connectivity index (χ2n) is 4.95. The van der Waals surface area contributed by atoms with Crippen molar-refractivity contribution in [3.63, 3.8) is 0 Å². The van der Waals surface area contributed by atoms with Crippen LogP contribution in [0.2, 0.25) is 0 Å². The van der Waals surface area contributed by atoms with Crippen molar-refractivity contribution in [2.24, 2.45) is 5.73 Å². The van der Waals surface area contributed by atoms with Gasteiger partial charge in [-0.05, 0) is 39.6 Å². The molecule has 3 nitrogen and oxygen atoms in total. The summed E-state index contributed by atoms with van der Waals surface area (Å²) in [5, 5.41) is 13.4. The van der Waals surface area contributed by atoms with Crippen LogP contribution >= 0.6 is 0 Å². The molecule has 0 spiro atoms. The first-order valence-electron chi connectivity index (χ1n) is 6.54. The van der Waals surface area contributed by atoms with Crippen molar-refractivity contribution in [2.45, 2.75) is 12.5 Å². The van der Waals surface area contributed by atoms with Crippen LogP contribution in [-0.4, -0.2) is 17.1 Å². The zero-order valence-electron chi connectivity index (χ0n) is 10.9. The smallest absolute Gasteiger partial charge is 0.320 e. The molecule has 1 atom stereocenters. The maximum absolute atomic E-state index is 11.1. The Morgan fingerprint density at radius 1 is 1.00 bits per heavy atom. The van der Waals surface area contributed by atoms with Crippen LogP contribution in [0.1, 0.15) is 5.56 Å². The van der Waals surface area contributed by atoms with E-state index in [1.165, 1.54) is 0 Å². The number of carboxylic acid groups (broad SMARTS) is 1. The summed E-state index contributed by atoms with van der Waals surface area (Å²) in [7, 11) is 0. The fraction of sp³-hybridized carbons (Fsp3) is 0.118. The van der Waals surface area contributed by atoms with E-state index in [1.807, 2.05) is 48.5 Å². The van der Waals surface area contributed by atoms with Crippen LogP contribution < -0.4 is 5.73 Å². The molecule has 0 bridgehead atoms. The van der Waals surface area contributed by atoms with Crippen molar-refractivity contribution >= 4 is 27.5 Å². The van der Waals surface area contributed by atoms with Gasteiger partial charge in [-0.1, -0.05) is 48.5 Å². The molecule has 0 radical (unpaired) electrons. The Bertz CT molecular complexity index is 741. The highest BCUT2D eigenvalue weighted by Gasteiger charge is 2.16. The molecular weight excluding hydrogens is 250 g/mol. The quantitative estimate of drug-likeness (QED) is 0.716. The van der Waals surface area contributed by atoms with Gasteiger partial charge in [0.25, 0.3) is 0 Å². The average Bonchev–Trinajstić information content (AvgIpc) is 2.46. The number of carbonyl (C=O) groups is 1. The molecule has 0 heterocycles. The van der Waals surface area contributed by atoms with Crippen molar-refractivity contribution in [2.75, 3.05) is 0 Å². The first kappa shape index (κ1) is 12.6. The van der Waals surface area contributed by atoms with Gasteiger partial charge in [-0.25, -0.2) is 0 Å². The normalized spacial score (nSPS) is 12.7. The Hall–Kier alpha value is -2.39. The highest BCUT2D eigenvalue weighted by atomic mass is 16.4. The molecule has 0 aromatic heterocycles. The fourth-order valence-corrected chi connectivity index (χ4v) is 2.64. The lowest BCUT2D eigenvalue weighted by Gasteiger charge is -2.13. The van der Waals surface area contributed by atoms with Crippen LogP contribution in [0.4, 0.5) is 0 Å². The predicted octanol–water partition coefficient (Wildman–Crippen LogP) is 2.95. The zero-order chi connectivity index (χ0) is 14.1. The second-order valence-corrected chi connectivity index (χ2v) is 4.95. The minimum absolute atomic E-state index is 0.331. The fourth-order valence-electron chi connectivity index (χ4n) is 2.64. The topological polar surface area (TPSA) is 63.3 Å². The van der Waals surface area contributed by atoms with Crippen LogP contribution in [0, 0.1) is 0 Å². The largest absolute Gasteiger partial charge is 0.480 e. The monoisotopic (exact) mass is 265 g/mol. The number of hydrogen-bond donors (Lipinski definition) is 2. The summed E-state index contributed by atoms with van der Waals surface area (Å²) in [5.74, 6) is -0.970. The van der Waals surface area contributed by atoms with E-state index in [4.69, 9.17) is 10.8 Å². The number of nitrogens with two attached hydrogens (primary N) is 1. The summed E-state index contributed by atoms with van der Waals surface area (Å²) in [5.41, 5.74) is 6.74. The lowest BCUT2D eigenvalue weighted by Crippen LogP contribution is -2.32. The third-order valence-electron chi connectivity index (χ3n) is 3.62.